The molecule has 0 aliphatic heterocycles. The average molecular weight is 378 g/mol. The Morgan fingerprint density at radius 2 is 1.81 bits per heavy atom. The van der Waals surface area contributed by atoms with Crippen LogP contribution < -0.4 is 14.8 Å². The highest BCUT2D eigenvalue weighted by Gasteiger charge is 2.22. The van der Waals surface area contributed by atoms with E-state index in [1.165, 1.54) is 26.4 Å². The van der Waals surface area contributed by atoms with E-state index in [1.54, 1.807) is 18.2 Å². The van der Waals surface area contributed by atoms with Gasteiger partial charge in [-0.3, -0.25) is 9.59 Å². The lowest BCUT2D eigenvalue weighted by atomic mass is 9.98. The number of methoxy groups -OCH3 is 2. The number of rotatable bonds is 8. The van der Waals surface area contributed by atoms with E-state index in [2.05, 4.69) is 5.32 Å². The lowest BCUT2D eigenvalue weighted by molar-refractivity contribution is -0.141. The Labute approximate surface area is 156 Å². The smallest absolute Gasteiger partial charge is 0.308 e. The molecule has 0 saturated carbocycles. The van der Waals surface area contributed by atoms with Gasteiger partial charge in [-0.15, -0.1) is 0 Å². The molecule has 2 aromatic carbocycles. The summed E-state index contributed by atoms with van der Waals surface area (Å²) in [6.07, 6.45) is 0.234. The molecule has 2 aromatic rings. The Kier molecular flexibility index (Phi) is 6.86. The molecule has 1 amide bonds. The van der Waals surface area contributed by atoms with Gasteiger partial charge in [0.25, 0.3) is 5.91 Å². The SMILES string of the molecule is COc1ccccc1CC(CNC(=O)c1ccc(Cl)cc1OC)C(=O)O. The van der Waals surface area contributed by atoms with Crippen molar-refractivity contribution in [3.63, 3.8) is 0 Å². The summed E-state index contributed by atoms with van der Waals surface area (Å²) < 4.78 is 10.4. The first kappa shape index (κ1) is 19.6. The third kappa shape index (κ3) is 4.89. The minimum Gasteiger partial charge on any atom is -0.496 e. The van der Waals surface area contributed by atoms with Gasteiger partial charge in [-0.1, -0.05) is 29.8 Å². The second kappa shape index (κ2) is 9.10. The maximum atomic E-state index is 12.4. The predicted molar refractivity (Wildman–Crippen MR) is 98.2 cm³/mol. The zero-order chi connectivity index (χ0) is 19.1. The topological polar surface area (TPSA) is 84.9 Å². The highest BCUT2D eigenvalue weighted by molar-refractivity contribution is 6.30. The fourth-order valence-electron chi connectivity index (χ4n) is 2.55. The van der Waals surface area contributed by atoms with Gasteiger partial charge < -0.3 is 19.9 Å². The van der Waals surface area contributed by atoms with Gasteiger partial charge in [-0.25, -0.2) is 0 Å². The Morgan fingerprint density at radius 1 is 1.12 bits per heavy atom. The predicted octanol–water partition coefficient (Wildman–Crippen LogP) is 3.03. The minimum atomic E-state index is -1.00. The van der Waals surface area contributed by atoms with Gasteiger partial charge in [0.15, 0.2) is 0 Å². The Balaban J connectivity index is 2.09. The van der Waals surface area contributed by atoms with E-state index in [0.717, 1.165) is 5.56 Å². The van der Waals surface area contributed by atoms with Crippen molar-refractivity contribution < 1.29 is 24.2 Å². The van der Waals surface area contributed by atoms with Crippen molar-refractivity contribution in [2.45, 2.75) is 6.42 Å². The number of carbonyl (C=O) groups is 2. The number of nitrogens with one attached hydrogen (secondary N) is 1. The molecule has 0 heterocycles. The Morgan fingerprint density at radius 3 is 2.46 bits per heavy atom. The van der Waals surface area contributed by atoms with Crippen LogP contribution in [0.1, 0.15) is 15.9 Å². The molecule has 0 spiro atoms. The van der Waals surface area contributed by atoms with Crippen LogP contribution >= 0.6 is 11.6 Å². The molecule has 0 aliphatic rings. The number of para-hydroxylation sites is 1. The standard InChI is InChI=1S/C19H20ClNO5/c1-25-16-6-4-3-5-12(16)9-13(19(23)24)11-21-18(22)15-8-7-14(20)10-17(15)26-2/h3-8,10,13H,9,11H2,1-2H3,(H,21,22)(H,23,24). The van der Waals surface area contributed by atoms with E-state index in [4.69, 9.17) is 21.1 Å². The molecule has 0 aromatic heterocycles. The first-order chi connectivity index (χ1) is 12.5. The lowest BCUT2D eigenvalue weighted by Gasteiger charge is -2.16. The first-order valence-corrected chi connectivity index (χ1v) is 8.30. The summed E-state index contributed by atoms with van der Waals surface area (Å²) in [7, 11) is 2.97. The van der Waals surface area contributed by atoms with Crippen LogP contribution in [-0.2, 0) is 11.2 Å². The summed E-state index contributed by atoms with van der Waals surface area (Å²) >= 11 is 5.89. The van der Waals surface area contributed by atoms with Crippen LogP contribution in [-0.4, -0.2) is 37.7 Å². The van der Waals surface area contributed by atoms with Gasteiger partial charge in [0.1, 0.15) is 11.5 Å². The fraction of sp³-hybridized carbons (Fsp3) is 0.263. The monoisotopic (exact) mass is 377 g/mol. The molecule has 2 N–H and O–H groups in total. The molecular weight excluding hydrogens is 358 g/mol. The molecule has 1 unspecified atom stereocenters. The normalized spacial score (nSPS) is 11.5. The molecule has 7 heteroatoms. The largest absolute Gasteiger partial charge is 0.496 e. The second-order valence-electron chi connectivity index (χ2n) is 5.61. The van der Waals surface area contributed by atoms with Crippen LogP contribution in [0.25, 0.3) is 0 Å². The first-order valence-electron chi connectivity index (χ1n) is 7.92. The van der Waals surface area contributed by atoms with Crippen LogP contribution in [0, 0.1) is 5.92 Å². The number of hydrogen-bond donors (Lipinski definition) is 2. The van der Waals surface area contributed by atoms with Crippen molar-refractivity contribution in [1.82, 2.24) is 5.32 Å². The number of amides is 1. The molecule has 26 heavy (non-hydrogen) atoms. The van der Waals surface area contributed by atoms with Crippen molar-refractivity contribution in [3.8, 4) is 11.5 Å². The van der Waals surface area contributed by atoms with E-state index in [9.17, 15) is 14.7 Å². The summed E-state index contributed by atoms with van der Waals surface area (Å²) in [5, 5.41) is 12.6. The van der Waals surface area contributed by atoms with Gasteiger partial charge in [0.2, 0.25) is 0 Å². The van der Waals surface area contributed by atoms with E-state index in [0.29, 0.717) is 22.1 Å². The molecule has 0 bridgehead atoms. The fourth-order valence-corrected chi connectivity index (χ4v) is 2.71. The van der Waals surface area contributed by atoms with Gasteiger partial charge in [-0.2, -0.15) is 0 Å². The minimum absolute atomic E-state index is 0.0298. The number of aliphatic carboxylic acids is 1. The summed E-state index contributed by atoms with van der Waals surface area (Å²) in [5.74, 6) is -1.28. The van der Waals surface area contributed by atoms with E-state index >= 15 is 0 Å². The molecule has 0 aliphatic carbocycles. The summed E-state index contributed by atoms with van der Waals surface area (Å²) in [5.41, 5.74) is 1.05. The van der Waals surface area contributed by atoms with Crippen LogP contribution in [0.5, 0.6) is 11.5 Å². The van der Waals surface area contributed by atoms with Crippen molar-refractivity contribution >= 4 is 23.5 Å². The number of hydrogen-bond acceptors (Lipinski definition) is 4. The third-order valence-corrected chi connectivity index (χ3v) is 4.16. The number of ether oxygens (including phenoxy) is 2. The molecule has 2 rings (SSSR count). The number of halogens is 1. The molecule has 0 saturated heterocycles. The maximum Gasteiger partial charge on any atom is 0.308 e. The highest BCUT2D eigenvalue weighted by atomic mass is 35.5. The quantitative estimate of drug-likeness (QED) is 0.738. The van der Waals surface area contributed by atoms with Crippen LogP contribution in [0.4, 0.5) is 0 Å². The number of carboxylic acid groups (broad SMARTS) is 1. The summed E-state index contributed by atoms with van der Waals surface area (Å²) in [6.45, 7) is -0.0298. The molecule has 138 valence electrons. The highest BCUT2D eigenvalue weighted by Crippen LogP contribution is 2.24. The number of carbonyl (C=O) groups excluding carboxylic acids is 1. The van der Waals surface area contributed by atoms with Gasteiger partial charge in [0.05, 0.1) is 25.7 Å². The van der Waals surface area contributed by atoms with Crippen molar-refractivity contribution in [2.24, 2.45) is 5.92 Å². The van der Waals surface area contributed by atoms with Crippen molar-refractivity contribution in [1.29, 1.82) is 0 Å². The van der Waals surface area contributed by atoms with Gasteiger partial charge in [-0.05, 0) is 36.2 Å². The average Bonchev–Trinajstić information content (AvgIpc) is 2.64. The van der Waals surface area contributed by atoms with Gasteiger partial charge in [0, 0.05) is 11.6 Å². The second-order valence-corrected chi connectivity index (χ2v) is 6.04. The Bertz CT molecular complexity index is 793. The lowest BCUT2D eigenvalue weighted by Crippen LogP contribution is -2.34. The van der Waals surface area contributed by atoms with Crippen LogP contribution in [0.2, 0.25) is 5.02 Å². The van der Waals surface area contributed by atoms with Crippen molar-refractivity contribution in [3.05, 3.63) is 58.6 Å². The maximum absolute atomic E-state index is 12.4. The zero-order valence-corrected chi connectivity index (χ0v) is 15.2. The molecule has 0 radical (unpaired) electrons. The zero-order valence-electron chi connectivity index (χ0n) is 14.5. The van der Waals surface area contributed by atoms with E-state index in [1.807, 2.05) is 12.1 Å². The summed E-state index contributed by atoms with van der Waals surface area (Å²) in [4.78, 5) is 24.0. The molecule has 6 nitrogen and oxygen atoms in total. The van der Waals surface area contributed by atoms with Crippen LogP contribution in [0.15, 0.2) is 42.5 Å². The molecule has 0 fully saturated rings. The van der Waals surface area contributed by atoms with Crippen LogP contribution in [0.3, 0.4) is 0 Å². The molecule has 1 atom stereocenters. The number of carboxylic acids is 1. The van der Waals surface area contributed by atoms with Crippen molar-refractivity contribution in [2.75, 3.05) is 20.8 Å². The van der Waals surface area contributed by atoms with E-state index < -0.39 is 17.8 Å². The third-order valence-electron chi connectivity index (χ3n) is 3.93. The molecular formula is C19H20ClNO5. The number of benzene rings is 2. The van der Waals surface area contributed by atoms with Gasteiger partial charge >= 0.3 is 5.97 Å². The van der Waals surface area contributed by atoms with E-state index in [-0.39, 0.29) is 13.0 Å². The Hall–Kier alpha value is -2.73. The summed E-state index contributed by atoms with van der Waals surface area (Å²) in [6, 6.07) is 11.8.